The van der Waals surface area contributed by atoms with E-state index in [0.717, 1.165) is 30.4 Å². The van der Waals surface area contributed by atoms with Crippen molar-refractivity contribution in [2.24, 2.45) is 7.05 Å². The molecule has 4 rings (SSSR count). The number of carbonyl (C=O) groups excluding carboxylic acids is 2. The van der Waals surface area contributed by atoms with Gasteiger partial charge in [-0.3, -0.25) is 19.7 Å². The minimum atomic E-state index is -0.398. The summed E-state index contributed by atoms with van der Waals surface area (Å²) in [5.74, 6) is 0.916. The molecule has 120 valence electrons. The van der Waals surface area contributed by atoms with Crippen LogP contribution in [-0.4, -0.2) is 41.4 Å². The van der Waals surface area contributed by atoms with Crippen molar-refractivity contribution in [3.8, 4) is 0 Å². The Hall–Kier alpha value is -2.41. The lowest BCUT2D eigenvalue weighted by Crippen LogP contribution is -2.49. The second-order valence-electron chi connectivity index (χ2n) is 6.17. The molecule has 3 heterocycles. The average Bonchev–Trinajstić information content (AvgIpc) is 3.16. The number of aromatic nitrogens is 2. The Labute approximate surface area is 133 Å². The van der Waals surface area contributed by atoms with Crippen LogP contribution in [0.25, 0.3) is 10.9 Å². The van der Waals surface area contributed by atoms with Crippen molar-refractivity contribution in [1.29, 1.82) is 0 Å². The maximum Gasteiger partial charge on any atom is 0.329 e. The normalized spacial score (nSPS) is 22.0. The molecule has 2 saturated heterocycles. The maximum atomic E-state index is 12.1. The predicted molar refractivity (Wildman–Crippen MR) is 86.4 cm³/mol. The SMILES string of the molecule is Cn1nc(N2CCC(=O)NC2=O)c2ccc(C3CCNC3)cc21. The number of fused-ring (bicyclic) bond motifs is 1. The number of carbonyl (C=O) groups is 2. The topological polar surface area (TPSA) is 79.3 Å². The molecule has 23 heavy (non-hydrogen) atoms. The number of amides is 3. The van der Waals surface area contributed by atoms with Crippen LogP contribution >= 0.6 is 0 Å². The highest BCUT2D eigenvalue weighted by Gasteiger charge is 2.28. The molecule has 1 atom stereocenters. The molecular weight excluding hydrogens is 294 g/mol. The van der Waals surface area contributed by atoms with Crippen LogP contribution in [0.3, 0.4) is 0 Å². The quantitative estimate of drug-likeness (QED) is 0.870. The van der Waals surface area contributed by atoms with Crippen molar-refractivity contribution in [3.63, 3.8) is 0 Å². The van der Waals surface area contributed by atoms with E-state index in [0.29, 0.717) is 24.7 Å². The van der Waals surface area contributed by atoms with Crippen molar-refractivity contribution in [1.82, 2.24) is 20.4 Å². The molecule has 1 aromatic heterocycles. The second-order valence-corrected chi connectivity index (χ2v) is 6.17. The number of nitrogens with zero attached hydrogens (tertiary/aromatic N) is 3. The Bertz CT molecular complexity index is 791. The lowest BCUT2D eigenvalue weighted by atomic mass is 9.97. The number of nitrogens with one attached hydrogen (secondary N) is 2. The third-order valence-corrected chi connectivity index (χ3v) is 4.70. The second kappa shape index (κ2) is 5.34. The molecule has 2 aromatic rings. The summed E-state index contributed by atoms with van der Waals surface area (Å²) in [6.07, 6.45) is 1.45. The molecule has 2 aliphatic heterocycles. The van der Waals surface area contributed by atoms with Gasteiger partial charge in [0, 0.05) is 31.9 Å². The van der Waals surface area contributed by atoms with Crippen LogP contribution in [0.4, 0.5) is 10.6 Å². The van der Waals surface area contributed by atoms with Gasteiger partial charge in [-0.15, -0.1) is 0 Å². The smallest absolute Gasteiger partial charge is 0.316 e. The van der Waals surface area contributed by atoms with Gasteiger partial charge in [-0.1, -0.05) is 6.07 Å². The van der Waals surface area contributed by atoms with E-state index in [-0.39, 0.29) is 5.91 Å². The first-order valence-corrected chi connectivity index (χ1v) is 7.92. The molecule has 3 amide bonds. The van der Waals surface area contributed by atoms with E-state index >= 15 is 0 Å². The summed E-state index contributed by atoms with van der Waals surface area (Å²) in [5, 5.41) is 11.2. The van der Waals surface area contributed by atoms with Gasteiger partial charge in [-0.05, 0) is 36.6 Å². The molecule has 7 nitrogen and oxygen atoms in total. The molecule has 1 aromatic carbocycles. The first-order valence-electron chi connectivity index (χ1n) is 7.92. The van der Waals surface area contributed by atoms with Crippen molar-refractivity contribution in [3.05, 3.63) is 23.8 Å². The van der Waals surface area contributed by atoms with Crippen LogP contribution in [0.15, 0.2) is 18.2 Å². The third-order valence-electron chi connectivity index (χ3n) is 4.70. The summed E-state index contributed by atoms with van der Waals surface area (Å²) in [6.45, 7) is 2.43. The van der Waals surface area contributed by atoms with Crippen molar-refractivity contribution in [2.45, 2.75) is 18.8 Å². The minimum Gasteiger partial charge on any atom is -0.316 e. The van der Waals surface area contributed by atoms with E-state index in [2.05, 4.69) is 27.9 Å². The minimum absolute atomic E-state index is 0.234. The number of hydrogen-bond acceptors (Lipinski definition) is 4. The molecule has 2 aliphatic rings. The van der Waals surface area contributed by atoms with E-state index < -0.39 is 6.03 Å². The first-order chi connectivity index (χ1) is 11.1. The summed E-state index contributed by atoms with van der Waals surface area (Å²) in [7, 11) is 1.88. The Balaban J connectivity index is 1.74. The van der Waals surface area contributed by atoms with E-state index in [9.17, 15) is 9.59 Å². The third kappa shape index (κ3) is 2.37. The van der Waals surface area contributed by atoms with Crippen molar-refractivity contribution in [2.75, 3.05) is 24.5 Å². The van der Waals surface area contributed by atoms with Crippen molar-refractivity contribution < 1.29 is 9.59 Å². The van der Waals surface area contributed by atoms with E-state index in [1.807, 2.05) is 13.1 Å². The molecule has 0 spiro atoms. The lowest BCUT2D eigenvalue weighted by molar-refractivity contribution is -0.120. The van der Waals surface area contributed by atoms with Crippen LogP contribution in [0.2, 0.25) is 0 Å². The number of benzene rings is 1. The van der Waals surface area contributed by atoms with Crippen LogP contribution in [0.5, 0.6) is 0 Å². The molecular formula is C16H19N5O2. The number of rotatable bonds is 2. The molecule has 0 aliphatic carbocycles. The molecule has 7 heteroatoms. The van der Waals surface area contributed by atoms with E-state index in [4.69, 9.17) is 0 Å². The number of urea groups is 1. The zero-order chi connectivity index (χ0) is 16.0. The summed E-state index contributed by atoms with van der Waals surface area (Å²) >= 11 is 0. The van der Waals surface area contributed by atoms with Gasteiger partial charge in [0.05, 0.1) is 5.52 Å². The van der Waals surface area contributed by atoms with Gasteiger partial charge in [0.15, 0.2) is 5.82 Å². The van der Waals surface area contributed by atoms with Gasteiger partial charge in [0.1, 0.15) is 0 Å². The molecule has 1 unspecified atom stereocenters. The van der Waals surface area contributed by atoms with Crippen LogP contribution < -0.4 is 15.5 Å². The Kier molecular flexibility index (Phi) is 3.30. The lowest BCUT2D eigenvalue weighted by Gasteiger charge is -2.24. The molecule has 2 fully saturated rings. The van der Waals surface area contributed by atoms with Crippen LogP contribution in [-0.2, 0) is 11.8 Å². The first kappa shape index (κ1) is 14.2. The van der Waals surface area contributed by atoms with Crippen LogP contribution in [0, 0.1) is 0 Å². The van der Waals surface area contributed by atoms with Gasteiger partial charge in [-0.25, -0.2) is 4.79 Å². The van der Waals surface area contributed by atoms with Crippen molar-refractivity contribution >= 4 is 28.7 Å². The van der Waals surface area contributed by atoms with Gasteiger partial charge in [0.2, 0.25) is 5.91 Å². The highest BCUT2D eigenvalue weighted by molar-refractivity contribution is 6.08. The van der Waals surface area contributed by atoms with Gasteiger partial charge in [-0.2, -0.15) is 5.10 Å². The van der Waals surface area contributed by atoms with Gasteiger partial charge in [0.25, 0.3) is 0 Å². The largest absolute Gasteiger partial charge is 0.329 e. The number of hydrogen-bond donors (Lipinski definition) is 2. The summed E-state index contributed by atoms with van der Waals surface area (Å²) in [5.41, 5.74) is 2.31. The maximum absolute atomic E-state index is 12.1. The van der Waals surface area contributed by atoms with Gasteiger partial charge < -0.3 is 5.32 Å². The highest BCUT2D eigenvalue weighted by Crippen LogP contribution is 2.31. The summed E-state index contributed by atoms with van der Waals surface area (Å²) in [4.78, 5) is 24.9. The molecule has 2 N–H and O–H groups in total. The predicted octanol–water partition coefficient (Wildman–Crippen LogP) is 1.10. The fourth-order valence-electron chi connectivity index (χ4n) is 3.41. The average molecular weight is 313 g/mol. The summed E-state index contributed by atoms with van der Waals surface area (Å²) < 4.78 is 1.81. The highest BCUT2D eigenvalue weighted by atomic mass is 16.2. The van der Waals surface area contributed by atoms with E-state index in [1.54, 1.807) is 9.58 Å². The van der Waals surface area contributed by atoms with Gasteiger partial charge >= 0.3 is 6.03 Å². The number of imide groups is 1. The number of aryl methyl sites for hydroxylation is 1. The monoisotopic (exact) mass is 313 g/mol. The Morgan fingerprint density at radius 1 is 1.30 bits per heavy atom. The Morgan fingerprint density at radius 3 is 2.91 bits per heavy atom. The molecule has 0 radical (unpaired) electrons. The molecule has 0 bridgehead atoms. The zero-order valence-electron chi connectivity index (χ0n) is 13.0. The fraction of sp³-hybridized carbons (Fsp3) is 0.438. The van der Waals surface area contributed by atoms with Crippen LogP contribution in [0.1, 0.15) is 24.3 Å². The fourth-order valence-corrected chi connectivity index (χ4v) is 3.41. The summed E-state index contributed by atoms with van der Waals surface area (Å²) in [6, 6.07) is 5.93. The molecule has 0 saturated carbocycles. The number of anilines is 1. The van der Waals surface area contributed by atoms with E-state index in [1.165, 1.54) is 5.56 Å². The zero-order valence-corrected chi connectivity index (χ0v) is 13.0. The standard InChI is InChI=1S/C16H19N5O2/c1-20-13-8-10(11-4-6-17-9-11)2-3-12(13)15(19-20)21-7-5-14(22)18-16(21)23/h2-3,8,11,17H,4-7,9H2,1H3,(H,18,22,23). The Morgan fingerprint density at radius 2 is 2.17 bits per heavy atom.